The second kappa shape index (κ2) is 6.19. The van der Waals surface area contributed by atoms with Crippen molar-refractivity contribution in [1.82, 2.24) is 0 Å². The second-order valence-corrected chi connectivity index (χ2v) is 5.59. The molecule has 0 aliphatic heterocycles. The van der Waals surface area contributed by atoms with Gasteiger partial charge in [-0.05, 0) is 30.3 Å². The van der Waals surface area contributed by atoms with Gasteiger partial charge in [-0.3, -0.25) is 4.99 Å². The zero-order chi connectivity index (χ0) is 14.7. The van der Waals surface area contributed by atoms with Crippen molar-refractivity contribution in [3.63, 3.8) is 0 Å². The highest BCUT2D eigenvalue weighted by molar-refractivity contribution is 9.11. The molecule has 20 heavy (non-hydrogen) atoms. The van der Waals surface area contributed by atoms with Gasteiger partial charge in [-0.2, -0.15) is 0 Å². The van der Waals surface area contributed by atoms with Crippen LogP contribution in [-0.2, 0) is 0 Å². The molecule has 0 atom stereocenters. The molecule has 0 aliphatic rings. The number of rotatable bonds is 3. The van der Waals surface area contributed by atoms with Gasteiger partial charge in [-0.1, -0.05) is 43.7 Å². The number of halogens is 2. The van der Waals surface area contributed by atoms with Crippen LogP contribution >= 0.6 is 31.9 Å². The molecule has 0 aromatic heterocycles. The van der Waals surface area contributed by atoms with Gasteiger partial charge < -0.3 is 10.2 Å². The normalized spacial score (nSPS) is 10.9. The summed E-state index contributed by atoms with van der Waals surface area (Å²) in [6.45, 7) is 0. The maximum atomic E-state index is 11.9. The van der Waals surface area contributed by atoms with Crippen LogP contribution in [0.5, 0.6) is 5.75 Å². The number of aromatic carboxylic acids is 1. The number of nitrogens with zero attached hydrogens (tertiary/aromatic N) is 1. The summed E-state index contributed by atoms with van der Waals surface area (Å²) in [5.74, 6) is -1.20. The van der Waals surface area contributed by atoms with E-state index in [2.05, 4.69) is 36.9 Å². The molecule has 0 unspecified atom stereocenters. The Morgan fingerprint density at radius 2 is 1.90 bits per heavy atom. The molecule has 0 radical (unpaired) electrons. The van der Waals surface area contributed by atoms with Crippen molar-refractivity contribution in [3.8, 4) is 5.75 Å². The minimum Gasteiger partial charge on any atom is -0.871 e. The zero-order valence-electron chi connectivity index (χ0n) is 10.0. The fourth-order valence-corrected chi connectivity index (χ4v) is 2.29. The first-order valence-corrected chi connectivity index (χ1v) is 7.10. The first-order chi connectivity index (χ1) is 9.49. The van der Waals surface area contributed by atoms with Crippen LogP contribution in [0.1, 0.15) is 15.9 Å². The fourth-order valence-electron chi connectivity index (χ4n) is 1.53. The van der Waals surface area contributed by atoms with Crippen molar-refractivity contribution in [2.45, 2.75) is 0 Å². The smallest absolute Gasteiger partial charge is 0.335 e. The van der Waals surface area contributed by atoms with Crippen LogP contribution in [0.4, 0.5) is 5.69 Å². The third kappa shape index (κ3) is 3.26. The van der Waals surface area contributed by atoms with Crippen molar-refractivity contribution in [1.29, 1.82) is 0 Å². The van der Waals surface area contributed by atoms with Gasteiger partial charge in [0, 0.05) is 20.7 Å². The number of benzene rings is 2. The Kier molecular flexibility index (Phi) is 4.57. The monoisotopic (exact) mass is 396 g/mol. The van der Waals surface area contributed by atoms with Gasteiger partial charge in [0.15, 0.2) is 0 Å². The molecule has 0 amide bonds. The molecule has 0 fully saturated rings. The van der Waals surface area contributed by atoms with Crippen molar-refractivity contribution < 1.29 is 15.0 Å². The third-order valence-corrected chi connectivity index (χ3v) is 3.85. The lowest BCUT2D eigenvalue weighted by atomic mass is 10.2. The Morgan fingerprint density at radius 1 is 1.20 bits per heavy atom. The first kappa shape index (κ1) is 14.7. The predicted octanol–water partition coefficient (Wildman–Crippen LogP) is 3.73. The molecular formula is C14H8Br2NO3-. The highest BCUT2D eigenvalue weighted by Crippen LogP contribution is 2.30. The average molecular weight is 398 g/mol. The van der Waals surface area contributed by atoms with Crippen molar-refractivity contribution >= 4 is 49.7 Å². The van der Waals surface area contributed by atoms with Crippen LogP contribution in [-0.4, -0.2) is 17.3 Å². The second-order valence-electron chi connectivity index (χ2n) is 3.89. The highest BCUT2D eigenvalue weighted by Gasteiger charge is 2.03. The SMILES string of the molecule is O=C(O)c1cccc(N=Cc2c(Br)ccc(Br)c2[O-])c1. The van der Waals surface area contributed by atoms with E-state index in [0.717, 1.165) is 0 Å². The summed E-state index contributed by atoms with van der Waals surface area (Å²) >= 11 is 6.45. The van der Waals surface area contributed by atoms with Gasteiger partial charge in [0.2, 0.25) is 0 Å². The largest absolute Gasteiger partial charge is 0.871 e. The Morgan fingerprint density at radius 3 is 2.60 bits per heavy atom. The van der Waals surface area contributed by atoms with E-state index in [9.17, 15) is 9.90 Å². The van der Waals surface area contributed by atoms with E-state index in [4.69, 9.17) is 5.11 Å². The fraction of sp³-hybridized carbons (Fsp3) is 0. The summed E-state index contributed by atoms with van der Waals surface area (Å²) in [6, 6.07) is 9.57. The van der Waals surface area contributed by atoms with Crippen LogP contribution in [0, 0.1) is 0 Å². The molecule has 1 N–H and O–H groups in total. The van der Waals surface area contributed by atoms with Gasteiger partial charge in [0.25, 0.3) is 0 Å². The number of aliphatic imine (C=N–C) groups is 1. The van der Waals surface area contributed by atoms with E-state index in [-0.39, 0.29) is 11.3 Å². The number of hydrogen-bond donors (Lipinski definition) is 1. The lowest BCUT2D eigenvalue weighted by Crippen LogP contribution is -1.98. The molecular weight excluding hydrogens is 390 g/mol. The number of carboxylic acids is 1. The predicted molar refractivity (Wildman–Crippen MR) is 81.9 cm³/mol. The number of carbonyl (C=O) groups is 1. The molecule has 0 spiro atoms. The van der Waals surface area contributed by atoms with Crippen molar-refractivity contribution in [3.05, 3.63) is 56.5 Å². The van der Waals surface area contributed by atoms with Crippen molar-refractivity contribution in [2.75, 3.05) is 0 Å². The summed E-state index contributed by atoms with van der Waals surface area (Å²) in [7, 11) is 0. The summed E-state index contributed by atoms with van der Waals surface area (Å²) in [5.41, 5.74) is 1.02. The van der Waals surface area contributed by atoms with Crippen LogP contribution in [0.2, 0.25) is 0 Å². The quantitative estimate of drug-likeness (QED) is 0.802. The summed E-state index contributed by atoms with van der Waals surface area (Å²) < 4.78 is 1.07. The molecule has 4 nitrogen and oxygen atoms in total. The van der Waals surface area contributed by atoms with Crippen LogP contribution in [0.3, 0.4) is 0 Å². The molecule has 0 aliphatic carbocycles. The standard InChI is InChI=1S/C14H9Br2NO3/c15-11-4-5-12(16)13(18)10(11)7-17-9-3-1-2-8(6-9)14(19)20/h1-7,18H,(H,19,20)/p-1. The van der Waals surface area contributed by atoms with Gasteiger partial charge in [-0.25, -0.2) is 4.79 Å². The first-order valence-electron chi connectivity index (χ1n) is 5.51. The topological polar surface area (TPSA) is 72.7 Å². The minimum absolute atomic E-state index is 0.148. The summed E-state index contributed by atoms with van der Waals surface area (Å²) in [6.07, 6.45) is 1.41. The summed E-state index contributed by atoms with van der Waals surface area (Å²) in [5, 5.41) is 20.8. The molecule has 2 aromatic carbocycles. The zero-order valence-corrected chi connectivity index (χ0v) is 13.2. The molecule has 0 heterocycles. The van der Waals surface area contributed by atoms with E-state index in [1.165, 1.54) is 18.3 Å². The molecule has 2 rings (SSSR count). The van der Waals surface area contributed by atoms with E-state index < -0.39 is 5.97 Å². The Balaban J connectivity index is 2.37. The molecule has 0 bridgehead atoms. The third-order valence-electron chi connectivity index (χ3n) is 2.53. The number of hydrogen-bond acceptors (Lipinski definition) is 3. The van der Waals surface area contributed by atoms with E-state index in [1.54, 1.807) is 24.3 Å². The van der Waals surface area contributed by atoms with E-state index in [0.29, 0.717) is 20.2 Å². The average Bonchev–Trinajstić information content (AvgIpc) is 2.43. The van der Waals surface area contributed by atoms with E-state index >= 15 is 0 Å². The van der Waals surface area contributed by atoms with Gasteiger partial charge in [0.1, 0.15) is 0 Å². The van der Waals surface area contributed by atoms with Crippen LogP contribution in [0.25, 0.3) is 0 Å². The number of carboxylic acid groups (broad SMARTS) is 1. The molecule has 0 saturated carbocycles. The molecule has 102 valence electrons. The molecule has 6 heteroatoms. The van der Waals surface area contributed by atoms with Gasteiger partial charge >= 0.3 is 5.97 Å². The Bertz CT molecular complexity index is 699. The summed E-state index contributed by atoms with van der Waals surface area (Å²) in [4.78, 5) is 15.0. The van der Waals surface area contributed by atoms with Gasteiger partial charge in [0.05, 0.1) is 11.3 Å². The lowest BCUT2D eigenvalue weighted by molar-refractivity contribution is -0.269. The van der Waals surface area contributed by atoms with Crippen LogP contribution < -0.4 is 5.11 Å². The molecule has 2 aromatic rings. The van der Waals surface area contributed by atoms with Gasteiger partial charge in [-0.15, -0.1) is 0 Å². The van der Waals surface area contributed by atoms with E-state index in [1.807, 2.05) is 0 Å². The Labute approximate surface area is 132 Å². The maximum absolute atomic E-state index is 11.9. The van der Waals surface area contributed by atoms with Crippen LogP contribution in [0.15, 0.2) is 50.3 Å². The lowest BCUT2D eigenvalue weighted by Gasteiger charge is -2.13. The Hall–Kier alpha value is -1.66. The molecule has 0 saturated heterocycles. The minimum atomic E-state index is -1.02. The van der Waals surface area contributed by atoms with Crippen molar-refractivity contribution in [2.24, 2.45) is 4.99 Å². The highest BCUT2D eigenvalue weighted by atomic mass is 79.9. The maximum Gasteiger partial charge on any atom is 0.335 e.